The van der Waals surface area contributed by atoms with Crippen LogP contribution in [0.3, 0.4) is 0 Å². The van der Waals surface area contributed by atoms with Gasteiger partial charge in [0.25, 0.3) is 0 Å². The van der Waals surface area contributed by atoms with E-state index in [-0.39, 0.29) is 24.3 Å². The lowest BCUT2D eigenvalue weighted by atomic mass is 10.2. The van der Waals surface area contributed by atoms with E-state index in [2.05, 4.69) is 21.2 Å². The summed E-state index contributed by atoms with van der Waals surface area (Å²) in [4.78, 5) is 32.0. The molecule has 7 heteroatoms. The summed E-state index contributed by atoms with van der Waals surface area (Å²) in [6.45, 7) is 2.00. The van der Waals surface area contributed by atoms with Gasteiger partial charge in [0, 0.05) is 16.9 Å². The topological polar surface area (TPSA) is 61.8 Å². The van der Waals surface area contributed by atoms with Crippen molar-refractivity contribution in [2.75, 3.05) is 5.32 Å². The molecule has 1 atom stereocenters. The Kier molecular flexibility index (Phi) is 5.55. The number of amides is 2. The largest absolute Gasteiger partial charge is 0.325 e. The van der Waals surface area contributed by atoms with Crippen LogP contribution >= 0.6 is 27.7 Å². The minimum absolute atomic E-state index is 0.0119. The van der Waals surface area contributed by atoms with Crippen molar-refractivity contribution >= 4 is 56.0 Å². The number of aryl methyl sites for hydroxylation is 1. The second-order valence-corrected chi connectivity index (χ2v) is 8.98. The highest BCUT2D eigenvalue weighted by Crippen LogP contribution is 2.39. The molecule has 5 nitrogen and oxygen atoms in total. The SMILES string of the molecule is Cc1ccccc1N=C1S[C@@H](CC(=O)Nc2ccccc2Br)C(=O)N1C1CC1. The first-order chi connectivity index (χ1) is 13.5. The molecule has 28 heavy (non-hydrogen) atoms. The number of carbonyl (C=O) groups is 2. The van der Waals surface area contributed by atoms with Crippen LogP contribution in [0.4, 0.5) is 11.4 Å². The van der Waals surface area contributed by atoms with Gasteiger partial charge in [-0.15, -0.1) is 0 Å². The Morgan fingerprint density at radius 3 is 2.64 bits per heavy atom. The van der Waals surface area contributed by atoms with Crippen LogP contribution in [0.1, 0.15) is 24.8 Å². The number of benzene rings is 2. The maximum Gasteiger partial charge on any atom is 0.242 e. The Hall–Kier alpha value is -2.12. The number of halogens is 1. The highest BCUT2D eigenvalue weighted by Gasteiger charge is 2.46. The predicted octanol–water partition coefficient (Wildman–Crippen LogP) is 4.88. The molecular formula is C21H20BrN3O2S. The lowest BCUT2D eigenvalue weighted by Gasteiger charge is -2.15. The van der Waals surface area contributed by atoms with Crippen LogP contribution in [0.25, 0.3) is 0 Å². The smallest absolute Gasteiger partial charge is 0.242 e. The molecular weight excluding hydrogens is 438 g/mol. The fraction of sp³-hybridized carbons (Fsp3) is 0.286. The van der Waals surface area contributed by atoms with E-state index in [9.17, 15) is 9.59 Å². The molecule has 2 amide bonds. The number of para-hydroxylation sites is 2. The molecule has 1 saturated carbocycles. The first-order valence-electron chi connectivity index (χ1n) is 9.21. The Balaban J connectivity index is 1.51. The van der Waals surface area contributed by atoms with Gasteiger partial charge in [-0.2, -0.15) is 0 Å². The quantitative estimate of drug-likeness (QED) is 0.695. The summed E-state index contributed by atoms with van der Waals surface area (Å²) in [5.41, 5.74) is 2.63. The van der Waals surface area contributed by atoms with Gasteiger partial charge in [-0.1, -0.05) is 42.1 Å². The first-order valence-corrected chi connectivity index (χ1v) is 10.9. The van der Waals surface area contributed by atoms with Crippen LogP contribution in [-0.2, 0) is 9.59 Å². The van der Waals surface area contributed by atoms with Gasteiger partial charge < -0.3 is 5.32 Å². The van der Waals surface area contributed by atoms with E-state index in [1.54, 1.807) is 4.90 Å². The number of anilines is 1. The zero-order valence-electron chi connectivity index (χ0n) is 15.4. The van der Waals surface area contributed by atoms with Crippen LogP contribution in [0.15, 0.2) is 58.0 Å². The van der Waals surface area contributed by atoms with Crippen LogP contribution in [0.5, 0.6) is 0 Å². The number of carbonyl (C=O) groups excluding carboxylic acids is 2. The first kappa shape index (κ1) is 19.2. The fourth-order valence-electron chi connectivity index (χ4n) is 3.09. The number of thioether (sulfide) groups is 1. The molecule has 0 aromatic heterocycles. The summed E-state index contributed by atoms with van der Waals surface area (Å²) < 4.78 is 0.815. The van der Waals surface area contributed by atoms with E-state index in [0.717, 1.165) is 28.6 Å². The second-order valence-electron chi connectivity index (χ2n) is 6.96. The number of aliphatic imine (C=N–C) groups is 1. The monoisotopic (exact) mass is 457 g/mol. The lowest BCUT2D eigenvalue weighted by Crippen LogP contribution is -2.35. The number of hydrogen-bond donors (Lipinski definition) is 1. The summed E-state index contributed by atoms with van der Waals surface area (Å²) in [6.07, 6.45) is 2.12. The van der Waals surface area contributed by atoms with Crippen molar-refractivity contribution in [3.63, 3.8) is 0 Å². The standard InChI is InChI=1S/C21H20BrN3O2S/c1-13-6-2-4-8-16(13)24-21-25(14-10-11-14)20(27)18(28-21)12-19(26)23-17-9-5-3-7-15(17)22/h2-9,14,18H,10-12H2,1H3,(H,23,26)/t18-/m0/s1. The van der Waals surface area contributed by atoms with Crippen molar-refractivity contribution in [1.29, 1.82) is 0 Å². The van der Waals surface area contributed by atoms with Gasteiger partial charge in [0.05, 0.1) is 11.4 Å². The van der Waals surface area contributed by atoms with Crippen molar-refractivity contribution in [3.05, 3.63) is 58.6 Å². The summed E-state index contributed by atoms with van der Waals surface area (Å²) in [7, 11) is 0. The van der Waals surface area contributed by atoms with Crippen molar-refractivity contribution in [1.82, 2.24) is 4.90 Å². The predicted molar refractivity (Wildman–Crippen MR) is 117 cm³/mol. The Morgan fingerprint density at radius 1 is 1.21 bits per heavy atom. The third kappa shape index (κ3) is 4.15. The van der Waals surface area contributed by atoms with Gasteiger partial charge in [-0.05, 0) is 59.5 Å². The Bertz CT molecular complexity index is 958. The minimum atomic E-state index is -0.439. The van der Waals surface area contributed by atoms with Gasteiger partial charge in [-0.25, -0.2) is 4.99 Å². The number of amidine groups is 1. The van der Waals surface area contributed by atoms with E-state index in [1.165, 1.54) is 11.8 Å². The number of hydrogen-bond acceptors (Lipinski definition) is 4. The van der Waals surface area contributed by atoms with Crippen molar-refractivity contribution in [2.24, 2.45) is 4.99 Å². The summed E-state index contributed by atoms with van der Waals surface area (Å²) in [5, 5.41) is 3.15. The van der Waals surface area contributed by atoms with Crippen molar-refractivity contribution in [3.8, 4) is 0 Å². The van der Waals surface area contributed by atoms with Crippen LogP contribution in [0.2, 0.25) is 0 Å². The third-order valence-corrected chi connectivity index (χ3v) is 6.57. The third-order valence-electron chi connectivity index (χ3n) is 4.73. The van der Waals surface area contributed by atoms with Crippen LogP contribution in [0, 0.1) is 6.92 Å². The number of rotatable bonds is 5. The highest BCUT2D eigenvalue weighted by molar-refractivity contribution is 9.10. The molecule has 1 saturated heterocycles. The molecule has 2 fully saturated rings. The second kappa shape index (κ2) is 8.09. The van der Waals surface area contributed by atoms with E-state index < -0.39 is 5.25 Å². The molecule has 1 aliphatic heterocycles. The average Bonchev–Trinajstić information content (AvgIpc) is 3.45. The highest BCUT2D eigenvalue weighted by atomic mass is 79.9. The molecule has 4 rings (SSSR count). The van der Waals surface area contributed by atoms with Gasteiger partial charge in [-0.3, -0.25) is 14.5 Å². The molecule has 0 unspecified atom stereocenters. The van der Waals surface area contributed by atoms with E-state index in [1.807, 2.05) is 55.5 Å². The Morgan fingerprint density at radius 2 is 1.93 bits per heavy atom. The lowest BCUT2D eigenvalue weighted by molar-refractivity contribution is -0.128. The minimum Gasteiger partial charge on any atom is -0.325 e. The summed E-state index contributed by atoms with van der Waals surface area (Å²) >= 11 is 4.82. The van der Waals surface area contributed by atoms with E-state index in [4.69, 9.17) is 4.99 Å². The number of nitrogens with zero attached hydrogens (tertiary/aromatic N) is 2. The zero-order valence-corrected chi connectivity index (χ0v) is 17.8. The molecule has 1 heterocycles. The fourth-order valence-corrected chi connectivity index (χ4v) is 4.68. The molecule has 0 spiro atoms. The molecule has 2 aromatic carbocycles. The molecule has 144 valence electrons. The molecule has 0 bridgehead atoms. The molecule has 0 radical (unpaired) electrons. The summed E-state index contributed by atoms with van der Waals surface area (Å²) in [6, 6.07) is 15.5. The van der Waals surface area contributed by atoms with Crippen LogP contribution in [-0.4, -0.2) is 33.2 Å². The van der Waals surface area contributed by atoms with E-state index >= 15 is 0 Å². The normalized spacial score (nSPS) is 20.6. The zero-order chi connectivity index (χ0) is 19.7. The molecule has 2 aliphatic rings. The summed E-state index contributed by atoms with van der Waals surface area (Å²) in [5.74, 6) is -0.187. The molecule has 1 N–H and O–H groups in total. The maximum atomic E-state index is 13.0. The number of nitrogens with one attached hydrogen (secondary N) is 1. The van der Waals surface area contributed by atoms with Gasteiger partial charge in [0.15, 0.2) is 5.17 Å². The molecule has 1 aliphatic carbocycles. The van der Waals surface area contributed by atoms with Crippen molar-refractivity contribution < 1.29 is 9.59 Å². The van der Waals surface area contributed by atoms with Crippen LogP contribution < -0.4 is 5.32 Å². The van der Waals surface area contributed by atoms with Gasteiger partial charge in [0.2, 0.25) is 11.8 Å². The van der Waals surface area contributed by atoms with E-state index in [0.29, 0.717) is 10.9 Å². The van der Waals surface area contributed by atoms with Gasteiger partial charge in [0.1, 0.15) is 5.25 Å². The van der Waals surface area contributed by atoms with Crippen molar-refractivity contribution in [2.45, 2.75) is 37.5 Å². The molecule has 2 aromatic rings. The Labute approximate surface area is 176 Å². The average molecular weight is 458 g/mol. The van der Waals surface area contributed by atoms with Gasteiger partial charge >= 0.3 is 0 Å². The maximum absolute atomic E-state index is 13.0.